The Hall–Kier alpha value is -3.94. The standard InChI is InChI=1S/C25H26N2O6/c1-15(22-16(2)32-24(26-22)18-9-5-4-6-10-18)31-19-13-12-17(14-21(19)30-3)8-7-11-20-23(28)27-25(29)33-20/h4-6,9-10,12-15,28H,7-8,11H2,1-3H3,(H,27,29). The number of aromatic amines is 1. The van der Waals surface area contributed by atoms with Crippen LogP contribution in [0.15, 0.2) is 62.2 Å². The second kappa shape index (κ2) is 9.68. The van der Waals surface area contributed by atoms with Crippen LogP contribution in [-0.4, -0.2) is 22.2 Å². The van der Waals surface area contributed by atoms with Gasteiger partial charge in [0, 0.05) is 12.0 Å². The maximum Gasteiger partial charge on any atom is 0.419 e. The van der Waals surface area contributed by atoms with Gasteiger partial charge in [-0.1, -0.05) is 24.3 Å². The van der Waals surface area contributed by atoms with E-state index in [1.165, 1.54) is 0 Å². The Bertz CT molecular complexity index is 1270. The number of hydrogen-bond donors (Lipinski definition) is 2. The topological polar surface area (TPSA) is 111 Å². The van der Waals surface area contributed by atoms with Crippen molar-refractivity contribution in [2.24, 2.45) is 0 Å². The molecule has 0 aliphatic rings. The number of ether oxygens (including phenoxy) is 2. The highest BCUT2D eigenvalue weighted by Gasteiger charge is 2.20. The summed E-state index contributed by atoms with van der Waals surface area (Å²) in [5.41, 5.74) is 2.68. The molecule has 0 aliphatic carbocycles. The zero-order valence-corrected chi connectivity index (χ0v) is 18.8. The van der Waals surface area contributed by atoms with E-state index in [4.69, 9.17) is 18.3 Å². The van der Waals surface area contributed by atoms with Gasteiger partial charge in [0.15, 0.2) is 17.3 Å². The monoisotopic (exact) mass is 450 g/mol. The van der Waals surface area contributed by atoms with E-state index < -0.39 is 5.76 Å². The molecule has 0 radical (unpaired) electrons. The smallest absolute Gasteiger partial charge is 0.419 e. The number of nitrogens with one attached hydrogen (secondary N) is 1. The van der Waals surface area contributed by atoms with Crippen molar-refractivity contribution in [3.8, 4) is 28.8 Å². The summed E-state index contributed by atoms with van der Waals surface area (Å²) in [6.07, 6.45) is 1.50. The molecule has 2 aromatic carbocycles. The number of nitrogens with zero attached hydrogens (tertiary/aromatic N) is 1. The van der Waals surface area contributed by atoms with Crippen LogP contribution in [-0.2, 0) is 12.8 Å². The molecule has 4 rings (SSSR count). The maximum absolute atomic E-state index is 11.1. The van der Waals surface area contributed by atoms with Crippen molar-refractivity contribution in [2.45, 2.75) is 39.2 Å². The first-order valence-electron chi connectivity index (χ1n) is 10.7. The minimum atomic E-state index is -0.655. The molecule has 0 amide bonds. The van der Waals surface area contributed by atoms with E-state index in [1.54, 1.807) is 7.11 Å². The van der Waals surface area contributed by atoms with E-state index in [1.807, 2.05) is 62.4 Å². The van der Waals surface area contributed by atoms with Gasteiger partial charge in [-0.2, -0.15) is 0 Å². The van der Waals surface area contributed by atoms with Crippen molar-refractivity contribution in [2.75, 3.05) is 7.11 Å². The molecular weight excluding hydrogens is 424 g/mol. The Kier molecular flexibility index (Phi) is 6.53. The first-order chi connectivity index (χ1) is 15.9. The van der Waals surface area contributed by atoms with Crippen LogP contribution in [0.5, 0.6) is 17.4 Å². The Morgan fingerprint density at radius 2 is 1.88 bits per heavy atom. The summed E-state index contributed by atoms with van der Waals surface area (Å²) in [6.45, 7) is 3.80. The Morgan fingerprint density at radius 1 is 1.09 bits per heavy atom. The van der Waals surface area contributed by atoms with Crippen LogP contribution in [0, 0.1) is 6.92 Å². The molecule has 0 aliphatic heterocycles. The Labute approximate surface area is 190 Å². The summed E-state index contributed by atoms with van der Waals surface area (Å²) in [7, 11) is 1.60. The third-order valence-corrected chi connectivity index (χ3v) is 5.34. The van der Waals surface area contributed by atoms with Crippen molar-refractivity contribution in [1.82, 2.24) is 9.97 Å². The number of aryl methyl sites for hydroxylation is 3. The second-order valence-electron chi connectivity index (χ2n) is 7.71. The lowest BCUT2D eigenvalue weighted by molar-refractivity contribution is 0.210. The number of aromatic hydroxyl groups is 1. The first kappa shape index (κ1) is 22.3. The Balaban J connectivity index is 1.43. The van der Waals surface area contributed by atoms with Gasteiger partial charge < -0.3 is 23.4 Å². The van der Waals surface area contributed by atoms with Crippen molar-refractivity contribution < 1.29 is 23.4 Å². The average Bonchev–Trinajstić information content (AvgIpc) is 3.36. The molecule has 0 saturated heterocycles. The third-order valence-electron chi connectivity index (χ3n) is 5.34. The Morgan fingerprint density at radius 3 is 2.58 bits per heavy atom. The van der Waals surface area contributed by atoms with Gasteiger partial charge in [0.25, 0.3) is 0 Å². The molecule has 2 N–H and O–H groups in total. The third kappa shape index (κ3) is 5.11. The molecule has 2 aromatic heterocycles. The molecule has 0 saturated carbocycles. The fraction of sp³-hybridized carbons (Fsp3) is 0.280. The van der Waals surface area contributed by atoms with E-state index >= 15 is 0 Å². The van der Waals surface area contributed by atoms with Gasteiger partial charge in [0.05, 0.1) is 7.11 Å². The summed E-state index contributed by atoms with van der Waals surface area (Å²) >= 11 is 0. The molecule has 172 valence electrons. The van der Waals surface area contributed by atoms with Gasteiger partial charge in [0.1, 0.15) is 17.6 Å². The molecule has 2 heterocycles. The van der Waals surface area contributed by atoms with Gasteiger partial charge in [-0.05, 0) is 56.5 Å². The molecule has 1 unspecified atom stereocenters. The summed E-state index contributed by atoms with van der Waals surface area (Å²) in [5.74, 6) is 1.87. The largest absolute Gasteiger partial charge is 0.493 e. The predicted octanol–water partition coefficient (Wildman–Crippen LogP) is 4.96. The minimum Gasteiger partial charge on any atom is -0.493 e. The predicted molar refractivity (Wildman–Crippen MR) is 122 cm³/mol. The van der Waals surface area contributed by atoms with E-state index in [2.05, 4.69) is 9.97 Å². The van der Waals surface area contributed by atoms with Gasteiger partial charge in [-0.3, -0.25) is 4.98 Å². The van der Waals surface area contributed by atoms with Crippen molar-refractivity contribution in [3.63, 3.8) is 0 Å². The molecule has 4 aromatic rings. The maximum atomic E-state index is 11.1. The van der Waals surface area contributed by atoms with Gasteiger partial charge >= 0.3 is 5.76 Å². The zero-order valence-electron chi connectivity index (χ0n) is 18.8. The summed E-state index contributed by atoms with van der Waals surface area (Å²) in [4.78, 5) is 18.0. The van der Waals surface area contributed by atoms with Crippen molar-refractivity contribution in [3.05, 3.63) is 81.9 Å². The van der Waals surface area contributed by atoms with Crippen LogP contribution in [0.1, 0.15) is 42.2 Å². The van der Waals surface area contributed by atoms with Crippen LogP contribution in [0.25, 0.3) is 11.5 Å². The highest BCUT2D eigenvalue weighted by molar-refractivity contribution is 5.53. The number of H-pyrrole nitrogens is 1. The fourth-order valence-electron chi connectivity index (χ4n) is 3.68. The second-order valence-corrected chi connectivity index (χ2v) is 7.71. The molecular formula is C25H26N2O6. The van der Waals surface area contributed by atoms with Crippen LogP contribution in [0.3, 0.4) is 0 Å². The molecule has 8 heteroatoms. The van der Waals surface area contributed by atoms with Crippen LogP contribution >= 0.6 is 0 Å². The molecule has 0 spiro atoms. The lowest BCUT2D eigenvalue weighted by atomic mass is 10.1. The lowest BCUT2D eigenvalue weighted by Gasteiger charge is -2.16. The summed E-state index contributed by atoms with van der Waals surface area (Å²) in [5, 5.41) is 9.61. The van der Waals surface area contributed by atoms with Crippen LogP contribution < -0.4 is 15.2 Å². The number of methoxy groups -OCH3 is 1. The fourth-order valence-corrected chi connectivity index (χ4v) is 3.68. The SMILES string of the molecule is COc1cc(CCCc2oc(=O)[nH]c2O)ccc1OC(C)c1nc(-c2ccccc2)oc1C. The normalized spacial score (nSPS) is 12.0. The van der Waals surface area contributed by atoms with E-state index in [-0.39, 0.29) is 17.7 Å². The number of aromatic nitrogens is 2. The van der Waals surface area contributed by atoms with Crippen LogP contribution in [0.4, 0.5) is 0 Å². The quantitative estimate of drug-likeness (QED) is 0.371. The highest BCUT2D eigenvalue weighted by atomic mass is 16.5. The number of rotatable bonds is 9. The number of oxazole rings is 2. The first-order valence-corrected chi connectivity index (χ1v) is 10.7. The average molecular weight is 450 g/mol. The highest BCUT2D eigenvalue weighted by Crippen LogP contribution is 2.34. The van der Waals surface area contributed by atoms with Gasteiger partial charge in [-0.25, -0.2) is 9.78 Å². The van der Waals surface area contributed by atoms with Crippen LogP contribution in [0.2, 0.25) is 0 Å². The molecule has 8 nitrogen and oxygen atoms in total. The van der Waals surface area contributed by atoms with Gasteiger partial charge in [0.2, 0.25) is 11.8 Å². The minimum absolute atomic E-state index is 0.214. The number of hydrogen-bond acceptors (Lipinski definition) is 7. The molecule has 1 atom stereocenters. The summed E-state index contributed by atoms with van der Waals surface area (Å²) in [6, 6.07) is 15.5. The zero-order chi connectivity index (χ0) is 23.4. The van der Waals surface area contributed by atoms with E-state index in [0.29, 0.717) is 42.4 Å². The molecule has 33 heavy (non-hydrogen) atoms. The number of benzene rings is 2. The van der Waals surface area contributed by atoms with Crippen molar-refractivity contribution >= 4 is 0 Å². The lowest BCUT2D eigenvalue weighted by Crippen LogP contribution is -2.06. The molecule has 0 bridgehead atoms. The van der Waals surface area contributed by atoms with Crippen molar-refractivity contribution in [1.29, 1.82) is 0 Å². The van der Waals surface area contributed by atoms with E-state index in [0.717, 1.165) is 16.8 Å². The molecule has 0 fully saturated rings. The summed E-state index contributed by atoms with van der Waals surface area (Å²) < 4.78 is 22.5. The van der Waals surface area contributed by atoms with Gasteiger partial charge in [-0.15, -0.1) is 0 Å². The van der Waals surface area contributed by atoms with E-state index in [9.17, 15) is 9.90 Å².